The van der Waals surface area contributed by atoms with Gasteiger partial charge in [-0.1, -0.05) is 39.0 Å². The number of carbonyl (C=O) groups is 2. The van der Waals surface area contributed by atoms with Gasteiger partial charge in [-0.15, -0.1) is 0 Å². The summed E-state index contributed by atoms with van der Waals surface area (Å²) in [6, 6.07) is 8.11. The molecular weight excluding hydrogens is 276 g/mol. The molecular formula is C18H24N2O2. The number of amides is 2. The van der Waals surface area contributed by atoms with Crippen LogP contribution in [0.1, 0.15) is 33.3 Å². The third-order valence-electron chi connectivity index (χ3n) is 4.70. The van der Waals surface area contributed by atoms with E-state index in [-0.39, 0.29) is 22.6 Å². The van der Waals surface area contributed by atoms with Crippen molar-refractivity contribution in [2.75, 3.05) is 24.5 Å². The number of hydrogen-bond acceptors (Lipinski definition) is 2. The van der Waals surface area contributed by atoms with E-state index in [2.05, 4.69) is 6.07 Å². The Morgan fingerprint density at radius 1 is 1.09 bits per heavy atom. The minimum Gasteiger partial charge on any atom is -0.341 e. The summed E-state index contributed by atoms with van der Waals surface area (Å²) in [5, 5.41) is 0. The summed E-state index contributed by atoms with van der Waals surface area (Å²) >= 11 is 0. The molecule has 0 radical (unpaired) electrons. The van der Waals surface area contributed by atoms with Crippen LogP contribution in [0.2, 0.25) is 0 Å². The lowest BCUT2D eigenvalue weighted by Gasteiger charge is -2.55. The number of para-hydroxylation sites is 1. The molecule has 2 aliphatic rings. The van der Waals surface area contributed by atoms with Crippen molar-refractivity contribution >= 4 is 17.5 Å². The zero-order valence-corrected chi connectivity index (χ0v) is 13.8. The number of hydrogen-bond donors (Lipinski definition) is 0. The molecule has 118 valence electrons. The van der Waals surface area contributed by atoms with Crippen LogP contribution < -0.4 is 4.90 Å². The maximum atomic E-state index is 12.4. The normalized spacial score (nSPS) is 19.6. The summed E-state index contributed by atoms with van der Waals surface area (Å²) in [4.78, 5) is 28.2. The number of fused-ring (bicyclic) bond motifs is 1. The van der Waals surface area contributed by atoms with Gasteiger partial charge in [-0.2, -0.15) is 0 Å². The van der Waals surface area contributed by atoms with Crippen molar-refractivity contribution in [2.45, 2.75) is 34.1 Å². The minimum atomic E-state index is -0.339. The molecule has 22 heavy (non-hydrogen) atoms. The molecule has 2 amide bonds. The second kappa shape index (κ2) is 4.83. The van der Waals surface area contributed by atoms with Gasteiger partial charge < -0.3 is 9.80 Å². The van der Waals surface area contributed by atoms with E-state index >= 15 is 0 Å². The average molecular weight is 300 g/mol. The molecule has 2 heterocycles. The van der Waals surface area contributed by atoms with E-state index in [1.807, 2.05) is 48.8 Å². The van der Waals surface area contributed by atoms with Gasteiger partial charge in [0.25, 0.3) is 0 Å². The number of rotatable bonds is 0. The van der Waals surface area contributed by atoms with E-state index in [0.717, 1.165) is 25.2 Å². The summed E-state index contributed by atoms with van der Waals surface area (Å²) in [7, 11) is 0. The molecule has 0 bridgehead atoms. The molecule has 0 atom stereocenters. The largest absolute Gasteiger partial charge is 0.341 e. The van der Waals surface area contributed by atoms with Crippen molar-refractivity contribution in [3.8, 4) is 0 Å². The van der Waals surface area contributed by atoms with E-state index in [9.17, 15) is 9.59 Å². The molecule has 1 spiro atoms. The molecule has 0 saturated carbocycles. The summed E-state index contributed by atoms with van der Waals surface area (Å²) in [6.45, 7) is 9.71. The van der Waals surface area contributed by atoms with Crippen molar-refractivity contribution < 1.29 is 9.59 Å². The molecule has 1 saturated heterocycles. The van der Waals surface area contributed by atoms with Crippen molar-refractivity contribution in [2.24, 2.45) is 10.8 Å². The third kappa shape index (κ3) is 2.40. The predicted octanol–water partition coefficient (Wildman–Crippen LogP) is 2.47. The van der Waals surface area contributed by atoms with Gasteiger partial charge in [0.2, 0.25) is 11.8 Å². The highest BCUT2D eigenvalue weighted by atomic mass is 16.2. The number of likely N-dealkylation sites (tertiary alicyclic amines) is 1. The van der Waals surface area contributed by atoms with Crippen LogP contribution in [0.4, 0.5) is 5.69 Å². The second-order valence-electron chi connectivity index (χ2n) is 7.82. The molecule has 0 aromatic heterocycles. The van der Waals surface area contributed by atoms with E-state index in [1.165, 1.54) is 5.56 Å². The predicted molar refractivity (Wildman–Crippen MR) is 86.6 cm³/mol. The number of nitrogens with zero attached hydrogens (tertiary/aromatic N) is 2. The van der Waals surface area contributed by atoms with Crippen LogP contribution in [0.5, 0.6) is 0 Å². The fourth-order valence-corrected chi connectivity index (χ4v) is 3.68. The zero-order valence-electron chi connectivity index (χ0n) is 13.8. The molecule has 1 fully saturated rings. The van der Waals surface area contributed by atoms with E-state index in [4.69, 9.17) is 0 Å². The third-order valence-corrected chi connectivity index (χ3v) is 4.70. The Morgan fingerprint density at radius 3 is 2.32 bits per heavy atom. The highest BCUT2D eigenvalue weighted by Gasteiger charge is 2.50. The summed E-state index contributed by atoms with van der Waals surface area (Å²) in [5.41, 5.74) is 1.93. The Bertz CT molecular complexity index is 624. The lowest BCUT2D eigenvalue weighted by molar-refractivity contribution is -0.151. The maximum absolute atomic E-state index is 12.4. The topological polar surface area (TPSA) is 40.6 Å². The van der Waals surface area contributed by atoms with E-state index in [1.54, 1.807) is 6.92 Å². The summed E-state index contributed by atoms with van der Waals surface area (Å²) in [6.07, 6.45) is 0.945. The molecule has 3 rings (SSSR count). The van der Waals surface area contributed by atoms with Gasteiger partial charge >= 0.3 is 0 Å². The van der Waals surface area contributed by atoms with Gasteiger partial charge in [-0.05, 0) is 18.1 Å². The lowest BCUT2D eigenvalue weighted by Crippen LogP contribution is -2.66. The van der Waals surface area contributed by atoms with Crippen molar-refractivity contribution in [3.63, 3.8) is 0 Å². The number of carbonyl (C=O) groups excluding carboxylic acids is 2. The first kappa shape index (κ1) is 15.1. The molecule has 2 aliphatic heterocycles. The molecule has 4 nitrogen and oxygen atoms in total. The SMILES string of the molecule is CC(=O)N1CC2(Cc3ccccc31)CN(C(=O)C(C)(C)C)C2. The Labute approximate surface area is 132 Å². The first-order valence-corrected chi connectivity index (χ1v) is 7.87. The van der Waals surface area contributed by atoms with Gasteiger partial charge in [0.1, 0.15) is 0 Å². The van der Waals surface area contributed by atoms with E-state index in [0.29, 0.717) is 6.54 Å². The minimum absolute atomic E-state index is 0.0287. The zero-order chi connectivity index (χ0) is 16.1. The fourth-order valence-electron chi connectivity index (χ4n) is 3.68. The average Bonchev–Trinajstić information content (AvgIpc) is 2.41. The van der Waals surface area contributed by atoms with Gasteiger partial charge in [0.15, 0.2) is 0 Å². The van der Waals surface area contributed by atoms with Gasteiger partial charge in [-0.3, -0.25) is 9.59 Å². The molecule has 0 unspecified atom stereocenters. The Hall–Kier alpha value is -1.84. The quantitative estimate of drug-likeness (QED) is 0.738. The molecule has 0 N–H and O–H groups in total. The van der Waals surface area contributed by atoms with E-state index < -0.39 is 0 Å². The highest BCUT2D eigenvalue weighted by Crippen LogP contribution is 2.43. The molecule has 1 aromatic rings. The van der Waals surface area contributed by atoms with Crippen LogP contribution in [0, 0.1) is 10.8 Å². The van der Waals surface area contributed by atoms with Crippen LogP contribution in [-0.4, -0.2) is 36.3 Å². The van der Waals surface area contributed by atoms with Crippen LogP contribution in [0.15, 0.2) is 24.3 Å². The second-order valence-corrected chi connectivity index (χ2v) is 7.82. The Kier molecular flexibility index (Phi) is 3.31. The Balaban J connectivity index is 1.82. The highest BCUT2D eigenvalue weighted by molar-refractivity contribution is 5.93. The monoisotopic (exact) mass is 300 g/mol. The van der Waals surface area contributed by atoms with Gasteiger partial charge in [-0.25, -0.2) is 0 Å². The van der Waals surface area contributed by atoms with Crippen molar-refractivity contribution in [1.29, 1.82) is 0 Å². The van der Waals surface area contributed by atoms with Crippen LogP contribution in [0.25, 0.3) is 0 Å². The van der Waals surface area contributed by atoms with Crippen molar-refractivity contribution in [3.05, 3.63) is 29.8 Å². The Morgan fingerprint density at radius 2 is 1.73 bits per heavy atom. The van der Waals surface area contributed by atoms with Gasteiger partial charge in [0.05, 0.1) is 0 Å². The first-order chi connectivity index (χ1) is 10.2. The lowest BCUT2D eigenvalue weighted by atomic mass is 9.70. The smallest absolute Gasteiger partial charge is 0.227 e. The molecule has 1 aromatic carbocycles. The van der Waals surface area contributed by atoms with Crippen molar-refractivity contribution in [1.82, 2.24) is 4.90 Å². The molecule has 4 heteroatoms. The number of benzene rings is 1. The van der Waals surface area contributed by atoms with Crippen LogP contribution >= 0.6 is 0 Å². The first-order valence-electron chi connectivity index (χ1n) is 7.87. The van der Waals surface area contributed by atoms with Crippen LogP contribution in [0.3, 0.4) is 0 Å². The molecule has 0 aliphatic carbocycles. The summed E-state index contributed by atoms with van der Waals surface area (Å²) in [5.74, 6) is 0.276. The maximum Gasteiger partial charge on any atom is 0.227 e. The summed E-state index contributed by atoms with van der Waals surface area (Å²) < 4.78 is 0. The number of anilines is 1. The standard InChI is InChI=1S/C18H24N2O2/c1-13(21)20-12-18(9-14-7-5-6-8-15(14)20)10-19(11-18)16(22)17(2,3)4/h5-8H,9-12H2,1-4H3. The van der Waals surface area contributed by atoms with Gasteiger partial charge in [0, 0.05) is 43.1 Å². The fraction of sp³-hybridized carbons (Fsp3) is 0.556. The van der Waals surface area contributed by atoms with Crippen LogP contribution in [-0.2, 0) is 16.0 Å².